The molecule has 2 amide bonds. The van der Waals surface area contributed by atoms with Gasteiger partial charge in [0.05, 0.1) is 12.2 Å². The van der Waals surface area contributed by atoms with Crippen LogP contribution in [0.1, 0.15) is 41.5 Å². The molecule has 1 atom stereocenters. The molecule has 0 radical (unpaired) electrons. The molecule has 0 rings (SSSR count). The van der Waals surface area contributed by atoms with Gasteiger partial charge < -0.3 is 15.2 Å². The van der Waals surface area contributed by atoms with Crippen LogP contribution in [0.15, 0.2) is 0 Å². The molecule has 0 aromatic rings. The molecule has 0 spiro atoms. The summed E-state index contributed by atoms with van der Waals surface area (Å²) in [5, 5.41) is 0. The van der Waals surface area contributed by atoms with Crippen LogP contribution in [-0.4, -0.2) is 35.9 Å². The topological polar surface area (TPSA) is 103 Å². The highest BCUT2D eigenvalue weighted by Gasteiger charge is 2.20. The third-order valence-corrected chi connectivity index (χ3v) is 1.72. The minimum atomic E-state index is -0.867. The molecule has 0 aromatic heterocycles. The summed E-state index contributed by atoms with van der Waals surface area (Å²) in [6, 6.07) is -0.867. The van der Waals surface area contributed by atoms with E-state index in [1.54, 1.807) is 20.8 Å². The summed E-state index contributed by atoms with van der Waals surface area (Å²) in [6.45, 7) is 10.8. The maximum atomic E-state index is 11.5. The molecule has 7 nitrogen and oxygen atoms in total. The van der Waals surface area contributed by atoms with Crippen LogP contribution in [0, 0.1) is 0 Å². The SMILES string of the molecule is CC(C)(C)OC[C@@H](N)C(=O)NNC(=O)OC(C)(C)C. The smallest absolute Gasteiger partial charge is 0.426 e. The predicted octanol–water partition coefficient (Wildman–Crippen LogP) is 0.685. The van der Waals surface area contributed by atoms with Gasteiger partial charge in [0.1, 0.15) is 11.6 Å². The molecule has 0 saturated carbocycles. The number of nitrogens with one attached hydrogen (secondary N) is 2. The zero-order valence-electron chi connectivity index (χ0n) is 12.5. The molecule has 0 bridgehead atoms. The summed E-state index contributed by atoms with van der Waals surface area (Å²) in [5.74, 6) is -0.546. The molecule has 0 aromatic carbocycles. The first-order valence-electron chi connectivity index (χ1n) is 6.09. The first-order valence-corrected chi connectivity index (χ1v) is 6.09. The molecule has 112 valence electrons. The van der Waals surface area contributed by atoms with Crippen LogP contribution in [0.3, 0.4) is 0 Å². The van der Waals surface area contributed by atoms with E-state index in [1.807, 2.05) is 20.8 Å². The fraction of sp³-hybridized carbons (Fsp3) is 0.833. The average Bonchev–Trinajstić information content (AvgIpc) is 2.19. The van der Waals surface area contributed by atoms with E-state index in [0.29, 0.717) is 0 Å². The Morgan fingerprint density at radius 3 is 2.00 bits per heavy atom. The van der Waals surface area contributed by atoms with Gasteiger partial charge in [-0.1, -0.05) is 0 Å². The summed E-state index contributed by atoms with van der Waals surface area (Å²) in [6.07, 6.45) is -0.746. The van der Waals surface area contributed by atoms with Crippen molar-refractivity contribution >= 4 is 12.0 Å². The lowest BCUT2D eigenvalue weighted by atomic mass is 10.2. The van der Waals surface area contributed by atoms with Crippen molar-refractivity contribution in [1.29, 1.82) is 0 Å². The molecule has 0 aliphatic heterocycles. The molecule has 0 aliphatic carbocycles. The number of rotatable bonds is 3. The maximum Gasteiger partial charge on any atom is 0.426 e. The number of hydrogen-bond donors (Lipinski definition) is 3. The first-order chi connectivity index (χ1) is 8.41. The Morgan fingerprint density at radius 2 is 1.58 bits per heavy atom. The quantitative estimate of drug-likeness (QED) is 0.657. The minimum Gasteiger partial charge on any atom is -0.443 e. The van der Waals surface area contributed by atoms with Gasteiger partial charge in [0.2, 0.25) is 0 Å². The maximum absolute atomic E-state index is 11.5. The Morgan fingerprint density at radius 1 is 1.05 bits per heavy atom. The molecule has 4 N–H and O–H groups in total. The van der Waals surface area contributed by atoms with E-state index >= 15 is 0 Å². The molecule has 0 fully saturated rings. The highest BCUT2D eigenvalue weighted by atomic mass is 16.6. The van der Waals surface area contributed by atoms with Crippen LogP contribution >= 0.6 is 0 Å². The summed E-state index contributed by atoms with van der Waals surface area (Å²) in [5.41, 5.74) is 8.89. The number of hydrogen-bond acceptors (Lipinski definition) is 5. The van der Waals surface area contributed by atoms with E-state index in [9.17, 15) is 9.59 Å². The fourth-order valence-electron chi connectivity index (χ4n) is 0.924. The van der Waals surface area contributed by atoms with E-state index in [-0.39, 0.29) is 12.2 Å². The second-order valence-electron chi connectivity index (χ2n) is 6.15. The number of amides is 2. The van der Waals surface area contributed by atoms with Crippen LogP contribution < -0.4 is 16.6 Å². The summed E-state index contributed by atoms with van der Waals surface area (Å²) in [4.78, 5) is 22.8. The Bertz CT molecular complexity index is 318. The van der Waals surface area contributed by atoms with Crippen molar-refractivity contribution in [2.24, 2.45) is 5.73 Å². The van der Waals surface area contributed by atoms with Crippen LogP contribution in [-0.2, 0) is 14.3 Å². The lowest BCUT2D eigenvalue weighted by Crippen LogP contribution is -2.52. The number of ether oxygens (including phenoxy) is 2. The van der Waals surface area contributed by atoms with E-state index in [4.69, 9.17) is 15.2 Å². The monoisotopic (exact) mass is 275 g/mol. The van der Waals surface area contributed by atoms with Gasteiger partial charge in [0, 0.05) is 0 Å². The van der Waals surface area contributed by atoms with Crippen molar-refractivity contribution in [2.45, 2.75) is 58.8 Å². The second kappa shape index (κ2) is 6.72. The number of carbonyl (C=O) groups excluding carboxylic acids is 2. The number of carbonyl (C=O) groups is 2. The van der Waals surface area contributed by atoms with Crippen LogP contribution in [0.25, 0.3) is 0 Å². The van der Waals surface area contributed by atoms with Crippen molar-refractivity contribution in [1.82, 2.24) is 10.9 Å². The summed E-state index contributed by atoms with van der Waals surface area (Å²) >= 11 is 0. The van der Waals surface area contributed by atoms with E-state index in [1.165, 1.54) is 0 Å². The Hall–Kier alpha value is -1.34. The fourth-order valence-corrected chi connectivity index (χ4v) is 0.924. The Kier molecular flexibility index (Phi) is 6.24. The highest BCUT2D eigenvalue weighted by molar-refractivity contribution is 5.83. The lowest BCUT2D eigenvalue weighted by molar-refractivity contribution is -0.126. The third kappa shape index (κ3) is 10.3. The molecule has 19 heavy (non-hydrogen) atoms. The van der Waals surface area contributed by atoms with Gasteiger partial charge in [-0.25, -0.2) is 10.2 Å². The lowest BCUT2D eigenvalue weighted by Gasteiger charge is -2.23. The largest absolute Gasteiger partial charge is 0.443 e. The zero-order valence-corrected chi connectivity index (χ0v) is 12.5. The van der Waals surface area contributed by atoms with Crippen molar-refractivity contribution < 1.29 is 19.1 Å². The molecule has 0 heterocycles. The molecule has 0 aliphatic rings. The molecule has 7 heteroatoms. The average molecular weight is 275 g/mol. The van der Waals surface area contributed by atoms with Gasteiger partial charge in [0.15, 0.2) is 0 Å². The Balaban J connectivity index is 4.01. The van der Waals surface area contributed by atoms with Gasteiger partial charge in [0.25, 0.3) is 5.91 Å². The van der Waals surface area contributed by atoms with Crippen LogP contribution in [0.4, 0.5) is 4.79 Å². The van der Waals surface area contributed by atoms with E-state index in [0.717, 1.165) is 0 Å². The number of nitrogens with two attached hydrogens (primary N) is 1. The summed E-state index contributed by atoms with van der Waals surface area (Å²) in [7, 11) is 0. The first kappa shape index (κ1) is 17.7. The van der Waals surface area contributed by atoms with Crippen molar-refractivity contribution in [3.63, 3.8) is 0 Å². The Labute approximate surface area is 114 Å². The van der Waals surface area contributed by atoms with Crippen molar-refractivity contribution in [2.75, 3.05) is 6.61 Å². The zero-order chi connectivity index (χ0) is 15.3. The second-order valence-corrected chi connectivity index (χ2v) is 6.15. The van der Waals surface area contributed by atoms with Gasteiger partial charge >= 0.3 is 6.09 Å². The van der Waals surface area contributed by atoms with Gasteiger partial charge in [-0.3, -0.25) is 10.2 Å². The van der Waals surface area contributed by atoms with Gasteiger partial charge in [-0.15, -0.1) is 0 Å². The molecular formula is C12H25N3O4. The predicted molar refractivity (Wildman–Crippen MR) is 71.2 cm³/mol. The standard InChI is InChI=1S/C12H25N3O4/c1-11(2,3)18-7-8(13)9(16)14-15-10(17)19-12(4,5)6/h8H,7,13H2,1-6H3,(H,14,16)(H,15,17)/t8-/m1/s1. The van der Waals surface area contributed by atoms with Gasteiger partial charge in [-0.2, -0.15) is 0 Å². The highest BCUT2D eigenvalue weighted by Crippen LogP contribution is 2.07. The van der Waals surface area contributed by atoms with Crippen LogP contribution in [0.5, 0.6) is 0 Å². The van der Waals surface area contributed by atoms with E-state index in [2.05, 4.69) is 10.9 Å². The van der Waals surface area contributed by atoms with Crippen LogP contribution in [0.2, 0.25) is 0 Å². The normalized spacial score (nSPS) is 13.6. The molecular weight excluding hydrogens is 250 g/mol. The van der Waals surface area contributed by atoms with E-state index < -0.39 is 23.6 Å². The van der Waals surface area contributed by atoms with Crippen molar-refractivity contribution in [3.8, 4) is 0 Å². The van der Waals surface area contributed by atoms with Crippen molar-refractivity contribution in [3.05, 3.63) is 0 Å². The molecule has 0 saturated heterocycles. The number of hydrazine groups is 1. The molecule has 0 unspecified atom stereocenters. The van der Waals surface area contributed by atoms with Gasteiger partial charge in [-0.05, 0) is 41.5 Å². The minimum absolute atomic E-state index is 0.0608. The third-order valence-electron chi connectivity index (χ3n) is 1.72. The summed E-state index contributed by atoms with van der Waals surface area (Å²) < 4.78 is 10.3.